The van der Waals surface area contributed by atoms with E-state index in [2.05, 4.69) is 5.32 Å². The zero-order chi connectivity index (χ0) is 25.1. The molecular formula is C22H31NO10. The van der Waals surface area contributed by atoms with E-state index in [9.17, 15) is 34.8 Å². The summed E-state index contributed by atoms with van der Waals surface area (Å²) in [6.45, 7) is 8.41. The highest BCUT2D eigenvalue weighted by Gasteiger charge is 2.48. The molecule has 5 N–H and O–H groups in total. The average Bonchev–Trinajstić information content (AvgIpc) is 2.72. The maximum absolute atomic E-state index is 12.6. The number of anilines is 1. The lowest BCUT2D eigenvalue weighted by Crippen LogP contribution is -2.61. The fourth-order valence-electron chi connectivity index (χ4n) is 2.77. The lowest BCUT2D eigenvalue weighted by molar-refractivity contribution is -0.271. The number of carbonyl (C=O) groups is 3. The molecule has 1 aliphatic rings. The van der Waals surface area contributed by atoms with Crippen molar-refractivity contribution in [2.45, 2.75) is 71.9 Å². The van der Waals surface area contributed by atoms with E-state index < -0.39 is 48.1 Å². The summed E-state index contributed by atoms with van der Waals surface area (Å²) < 4.78 is 16.0. The summed E-state index contributed by atoms with van der Waals surface area (Å²) in [5, 5.41) is 42.0. The lowest BCUT2D eigenvalue weighted by Gasteiger charge is -2.38. The van der Waals surface area contributed by atoms with Gasteiger partial charge < -0.3 is 40.0 Å². The van der Waals surface area contributed by atoms with E-state index in [1.54, 1.807) is 40.7 Å². The van der Waals surface area contributed by atoms with E-state index in [4.69, 9.17) is 14.2 Å². The van der Waals surface area contributed by atoms with Crippen molar-refractivity contribution in [2.75, 3.05) is 5.32 Å². The molecule has 0 spiro atoms. The Morgan fingerprint density at radius 3 is 2.27 bits per heavy atom. The number of amides is 1. The fraction of sp³-hybridized carbons (Fsp3) is 0.591. The van der Waals surface area contributed by atoms with Crippen molar-refractivity contribution in [3.8, 4) is 5.75 Å². The van der Waals surface area contributed by atoms with E-state index in [1.807, 2.05) is 0 Å². The van der Waals surface area contributed by atoms with Crippen LogP contribution >= 0.6 is 0 Å². The van der Waals surface area contributed by atoms with E-state index in [0.29, 0.717) is 5.56 Å². The molecule has 5 atom stereocenters. The van der Waals surface area contributed by atoms with Gasteiger partial charge in [0.05, 0.1) is 11.6 Å². The number of aliphatic carboxylic acids is 1. The molecule has 0 aliphatic carbocycles. The van der Waals surface area contributed by atoms with Gasteiger partial charge in [-0.05, 0) is 17.7 Å². The van der Waals surface area contributed by atoms with Crippen molar-refractivity contribution in [3.63, 3.8) is 0 Å². The number of carboxylic acid groups (broad SMARTS) is 1. The third kappa shape index (κ3) is 6.64. The van der Waals surface area contributed by atoms with Gasteiger partial charge in [-0.1, -0.05) is 40.7 Å². The van der Waals surface area contributed by atoms with Gasteiger partial charge in [-0.3, -0.25) is 9.59 Å². The number of benzene rings is 1. The average molecular weight is 469 g/mol. The predicted octanol–water partition coefficient (Wildman–Crippen LogP) is 0.641. The SMILES string of the molecule is CC(C)C(=O)OCc1ccc(O[C@@H]2O[C@H](C(=O)O)[C@@H](O)[C@H](O)[C@H]2O)c(NC(=O)C(C)(C)C)c1. The minimum absolute atomic E-state index is 0.00307. The standard InChI is InChI=1S/C22H31NO10/c1-10(2)19(29)31-9-11-6-7-13(12(8-11)23-21(30)22(3,4)5)32-20-16(26)14(24)15(25)17(33-20)18(27)28/h6-8,10,14-17,20,24-26H,9H2,1-5H3,(H,23,30)(H,27,28)/t14-,15-,16+,17-,20+/m0/s1. The first-order chi connectivity index (χ1) is 15.2. The highest BCUT2D eigenvalue weighted by molar-refractivity contribution is 5.95. The number of ether oxygens (including phenoxy) is 3. The van der Waals surface area contributed by atoms with Gasteiger partial charge >= 0.3 is 11.9 Å². The number of carbonyl (C=O) groups excluding carboxylic acids is 2. The van der Waals surface area contributed by atoms with Gasteiger partial charge in [0.15, 0.2) is 6.10 Å². The molecular weight excluding hydrogens is 438 g/mol. The molecule has 1 aliphatic heterocycles. The molecule has 1 fully saturated rings. The molecule has 1 aromatic rings. The van der Waals surface area contributed by atoms with E-state index in [-0.39, 0.29) is 29.9 Å². The Labute approximate surface area is 191 Å². The van der Waals surface area contributed by atoms with Crippen molar-refractivity contribution in [2.24, 2.45) is 11.3 Å². The first-order valence-corrected chi connectivity index (χ1v) is 10.4. The Kier molecular flexibility index (Phi) is 8.41. The van der Waals surface area contributed by atoms with Crippen LogP contribution in [0.2, 0.25) is 0 Å². The van der Waals surface area contributed by atoms with Gasteiger partial charge in [0.1, 0.15) is 30.7 Å². The molecule has 2 rings (SSSR count). The van der Waals surface area contributed by atoms with Crippen molar-refractivity contribution in [1.29, 1.82) is 0 Å². The summed E-state index contributed by atoms with van der Waals surface area (Å²) in [7, 11) is 0. The number of aliphatic hydroxyl groups is 3. The maximum Gasteiger partial charge on any atom is 0.335 e. The number of rotatable bonds is 7. The maximum atomic E-state index is 12.6. The molecule has 1 saturated heterocycles. The number of nitrogens with one attached hydrogen (secondary N) is 1. The van der Waals surface area contributed by atoms with Crippen LogP contribution in [0.4, 0.5) is 5.69 Å². The van der Waals surface area contributed by atoms with Gasteiger partial charge in [-0.2, -0.15) is 0 Å². The second-order valence-corrected chi connectivity index (χ2v) is 9.15. The third-order valence-electron chi connectivity index (χ3n) is 4.88. The van der Waals surface area contributed by atoms with Gasteiger partial charge in [0, 0.05) is 5.41 Å². The summed E-state index contributed by atoms with van der Waals surface area (Å²) in [6, 6.07) is 4.46. The molecule has 33 heavy (non-hydrogen) atoms. The van der Waals surface area contributed by atoms with Crippen LogP contribution in [0.3, 0.4) is 0 Å². The molecule has 0 radical (unpaired) electrons. The molecule has 184 valence electrons. The van der Waals surface area contributed by atoms with Gasteiger partial charge in [-0.15, -0.1) is 0 Å². The Balaban J connectivity index is 2.32. The number of hydrogen-bond donors (Lipinski definition) is 5. The zero-order valence-corrected chi connectivity index (χ0v) is 19.1. The van der Waals surface area contributed by atoms with E-state index in [0.717, 1.165) is 0 Å². The van der Waals surface area contributed by atoms with Crippen LogP contribution in [0.25, 0.3) is 0 Å². The quantitative estimate of drug-likeness (QED) is 0.357. The smallest absolute Gasteiger partial charge is 0.335 e. The molecule has 1 amide bonds. The van der Waals surface area contributed by atoms with Crippen molar-refractivity contribution in [3.05, 3.63) is 23.8 Å². The van der Waals surface area contributed by atoms with Crippen molar-refractivity contribution < 1.29 is 49.0 Å². The second-order valence-electron chi connectivity index (χ2n) is 9.15. The van der Waals surface area contributed by atoms with Gasteiger partial charge in [-0.25, -0.2) is 4.79 Å². The van der Waals surface area contributed by atoms with Crippen LogP contribution in [0.5, 0.6) is 5.75 Å². The van der Waals surface area contributed by atoms with Crippen LogP contribution in [0, 0.1) is 11.3 Å². The molecule has 11 nitrogen and oxygen atoms in total. The fourth-order valence-corrected chi connectivity index (χ4v) is 2.77. The zero-order valence-electron chi connectivity index (χ0n) is 19.1. The molecule has 0 saturated carbocycles. The normalized spacial score (nSPS) is 25.4. The lowest BCUT2D eigenvalue weighted by atomic mass is 9.95. The first kappa shape index (κ1) is 26.5. The van der Waals surface area contributed by atoms with Crippen molar-refractivity contribution in [1.82, 2.24) is 0 Å². The number of carboxylic acids is 1. The number of aliphatic hydroxyl groups excluding tert-OH is 3. The summed E-state index contributed by atoms with van der Waals surface area (Å²) in [4.78, 5) is 35.7. The Morgan fingerprint density at radius 2 is 1.73 bits per heavy atom. The minimum Gasteiger partial charge on any atom is -0.479 e. The predicted molar refractivity (Wildman–Crippen MR) is 114 cm³/mol. The van der Waals surface area contributed by atoms with E-state index in [1.165, 1.54) is 12.1 Å². The monoisotopic (exact) mass is 469 g/mol. The summed E-state index contributed by atoms with van der Waals surface area (Å²) >= 11 is 0. The van der Waals surface area contributed by atoms with Crippen LogP contribution in [-0.4, -0.2) is 69.0 Å². The number of hydrogen-bond acceptors (Lipinski definition) is 9. The molecule has 0 aromatic heterocycles. The van der Waals surface area contributed by atoms with Gasteiger partial charge in [0.2, 0.25) is 12.2 Å². The van der Waals surface area contributed by atoms with Crippen molar-refractivity contribution >= 4 is 23.5 Å². The molecule has 1 aromatic carbocycles. The first-order valence-electron chi connectivity index (χ1n) is 10.4. The largest absolute Gasteiger partial charge is 0.479 e. The summed E-state index contributed by atoms with van der Waals surface area (Å²) in [5.41, 5.74) is -0.0896. The Morgan fingerprint density at radius 1 is 1.09 bits per heavy atom. The van der Waals surface area contributed by atoms with Gasteiger partial charge in [0.25, 0.3) is 0 Å². The molecule has 11 heteroatoms. The molecule has 0 unspecified atom stereocenters. The van der Waals surface area contributed by atoms with Crippen LogP contribution < -0.4 is 10.1 Å². The third-order valence-corrected chi connectivity index (χ3v) is 4.88. The Bertz CT molecular complexity index is 878. The Hall–Kier alpha value is -2.73. The molecule has 1 heterocycles. The second kappa shape index (κ2) is 10.5. The minimum atomic E-state index is -1.87. The highest BCUT2D eigenvalue weighted by atomic mass is 16.7. The van der Waals surface area contributed by atoms with Crippen LogP contribution in [-0.2, 0) is 30.5 Å². The topological polar surface area (TPSA) is 172 Å². The summed E-state index contributed by atoms with van der Waals surface area (Å²) in [5.74, 6) is -2.63. The molecule has 0 bridgehead atoms. The number of esters is 1. The van der Waals surface area contributed by atoms with E-state index >= 15 is 0 Å². The van der Waals surface area contributed by atoms with Crippen LogP contribution in [0.1, 0.15) is 40.2 Å². The highest BCUT2D eigenvalue weighted by Crippen LogP contribution is 2.32. The summed E-state index contributed by atoms with van der Waals surface area (Å²) in [6.07, 6.45) is -8.97. The van der Waals surface area contributed by atoms with Crippen LogP contribution in [0.15, 0.2) is 18.2 Å².